The Hall–Kier alpha value is -4.03. The van der Waals surface area contributed by atoms with Crippen molar-refractivity contribution in [1.29, 1.82) is 0 Å². The van der Waals surface area contributed by atoms with Crippen molar-refractivity contribution >= 4 is 17.9 Å². The average Bonchev–Trinajstić information content (AvgIpc) is 0.734. The Morgan fingerprint density at radius 3 is 1.12 bits per heavy atom. The summed E-state index contributed by atoms with van der Waals surface area (Å²) in [4.78, 5) is 43.0. The monoisotopic (exact) mass is 2130 g/mol. The van der Waals surface area contributed by atoms with E-state index in [0.717, 1.165) is 0 Å². The number of carbonyl (C=O) groups is 3. The van der Waals surface area contributed by atoms with Crippen LogP contribution in [0, 0.1) is 0 Å². The minimum Gasteiger partial charge on any atom is -0.477 e. The second kappa shape index (κ2) is 50.2. The fourth-order valence-electron chi connectivity index (χ4n) is 18.6. The standard InChI is InChI=1S/C78H131N3O64/c79-31-44(105)39(100)28(126-64(31)116)13-123-65-32(80)45(106)40(101)30(134-65)15-125-76(73(117)118)3-21(141-78(75(121)122)2-20(41(102)56(143-78)18(93)5-83)127-66-33(81)46(107)35(96)22(7-85)128-66)59(57(144-76)19(94)6-84)137-69-53(114)50(111)58(27(12-90)133-69)136-72-63(140-70-54(115)60(42(103)26(11-89)131-70)138-67-51(112)47(108)36(97)23(8-86)129-67)61(145-77(74(119)120)1-16(91)34(95)55(142-77)17(92)4-82)43(104)29(135-72)14-124-71-62(49(110)38(99)25(10-88)132-71)139-68-52(113)48(109)37(98)24(9-87)130-68/h16-72,82-116H,1-15,79-81H2,(H,117,118)(H,119,120)(H,121,122)/t16-,17-,18-,19-,20-,21-,22-,23-,24-,25-,26-,27-,28-,29-,30-,31-,32-,33-,34-,35-,36-,37-,38-,39-,40-,41-,42+,43-,44-,45-,46-,47+,48+,49+,50-,51-,52-,53+,54-,55-,56-,57-,58-,59-,60+,61+,62+,63+,64?,65-,66+,67-,68-,69-,70-,71+,72-,76-,77+,78-/m1/s1. The van der Waals surface area contributed by atoms with Crippen LogP contribution in [0.1, 0.15) is 19.3 Å². The molecular weight excluding hydrogens is 2000 g/mol. The van der Waals surface area contributed by atoms with E-state index in [1.165, 1.54) is 0 Å². The van der Waals surface area contributed by atoms with Crippen LogP contribution in [0.5, 0.6) is 0 Å². The van der Waals surface area contributed by atoms with Gasteiger partial charge < -0.3 is 320 Å². The fourth-order valence-corrected chi connectivity index (χ4v) is 18.6. The summed E-state index contributed by atoms with van der Waals surface area (Å²) in [6.07, 6.45) is -134. The molecule has 12 saturated heterocycles. The molecule has 0 spiro atoms. The molecule has 0 bridgehead atoms. The molecule has 0 aliphatic carbocycles. The number of aliphatic hydroxyl groups excluding tert-OH is 35. The molecule has 67 nitrogen and oxygen atoms in total. The van der Waals surface area contributed by atoms with E-state index in [-0.39, 0.29) is 0 Å². The van der Waals surface area contributed by atoms with Crippen molar-refractivity contribution in [2.45, 2.75) is 386 Å². The number of hydrogen-bond acceptors (Lipinski definition) is 64. The van der Waals surface area contributed by atoms with Gasteiger partial charge in [-0.25, -0.2) is 14.4 Å². The van der Waals surface area contributed by atoms with Crippen LogP contribution >= 0.6 is 0 Å². The Balaban J connectivity index is 0.952. The quantitative estimate of drug-likeness (QED) is 0.0271. The topological polar surface area (TPSA) is 1110 Å². The predicted molar refractivity (Wildman–Crippen MR) is 434 cm³/mol. The Labute approximate surface area is 815 Å². The predicted octanol–water partition coefficient (Wildman–Crippen LogP) is -27.7. The average molecular weight is 2130 g/mol. The summed E-state index contributed by atoms with van der Waals surface area (Å²) >= 11 is 0. The second-order valence-electron chi connectivity index (χ2n) is 36.8. The van der Waals surface area contributed by atoms with E-state index in [1.54, 1.807) is 0 Å². The molecule has 12 aliphatic rings. The van der Waals surface area contributed by atoms with Gasteiger partial charge >= 0.3 is 17.9 Å². The highest BCUT2D eigenvalue weighted by Crippen LogP contribution is 2.48. The van der Waals surface area contributed by atoms with E-state index in [9.17, 15) is 208 Å². The second-order valence-corrected chi connectivity index (χ2v) is 36.8. The molecule has 60 atom stereocenters. The third kappa shape index (κ3) is 24.8. The zero-order valence-corrected chi connectivity index (χ0v) is 75.9. The lowest BCUT2D eigenvalue weighted by molar-refractivity contribution is -0.423. The molecule has 12 rings (SSSR count). The van der Waals surface area contributed by atoms with Gasteiger partial charge in [-0.1, -0.05) is 0 Å². The number of rotatable bonds is 40. The highest BCUT2D eigenvalue weighted by Gasteiger charge is 2.68. The van der Waals surface area contributed by atoms with Crippen LogP contribution < -0.4 is 17.2 Å². The normalized spacial score (nSPS) is 50.9. The lowest BCUT2D eigenvalue weighted by Gasteiger charge is -2.53. The molecule has 44 N–H and O–H groups in total. The van der Waals surface area contributed by atoms with Crippen molar-refractivity contribution in [2.75, 3.05) is 79.3 Å². The van der Waals surface area contributed by atoms with E-state index in [2.05, 4.69) is 0 Å². The summed E-state index contributed by atoms with van der Waals surface area (Å²) < 4.78 is 136. The van der Waals surface area contributed by atoms with Crippen LogP contribution in [0.3, 0.4) is 0 Å². The Morgan fingerprint density at radius 1 is 0.269 bits per heavy atom. The molecule has 12 aliphatic heterocycles. The first-order valence-corrected chi connectivity index (χ1v) is 45.6. The van der Waals surface area contributed by atoms with Gasteiger partial charge in [0.2, 0.25) is 0 Å². The molecule has 1 unspecified atom stereocenters. The third-order valence-corrected chi connectivity index (χ3v) is 27.2. The van der Waals surface area contributed by atoms with Crippen molar-refractivity contribution in [1.82, 2.24) is 0 Å². The molecule has 12 heterocycles. The van der Waals surface area contributed by atoms with Crippen molar-refractivity contribution < 1.29 is 317 Å². The molecule has 0 aromatic rings. The molecule has 0 aromatic heterocycles. The van der Waals surface area contributed by atoms with Gasteiger partial charge in [-0.3, -0.25) is 0 Å². The van der Waals surface area contributed by atoms with Crippen LogP contribution in [0.25, 0.3) is 0 Å². The van der Waals surface area contributed by atoms with Crippen LogP contribution in [-0.4, -0.2) is 658 Å². The fraction of sp³-hybridized carbons (Fsp3) is 0.962. The van der Waals surface area contributed by atoms with Gasteiger partial charge in [-0.05, 0) is 0 Å². The van der Waals surface area contributed by atoms with E-state index < -0.39 is 483 Å². The van der Waals surface area contributed by atoms with Crippen molar-refractivity contribution in [3.8, 4) is 0 Å². The smallest absolute Gasteiger partial charge is 0.364 e. The first-order valence-electron chi connectivity index (χ1n) is 45.6. The summed E-state index contributed by atoms with van der Waals surface area (Å²) in [7, 11) is 0. The number of carboxylic acid groups (broad SMARTS) is 3. The maximum Gasteiger partial charge on any atom is 0.364 e. The Bertz CT molecular complexity index is 4030. The number of carboxylic acids is 3. The van der Waals surface area contributed by atoms with Gasteiger partial charge in [-0.15, -0.1) is 0 Å². The molecule has 145 heavy (non-hydrogen) atoms. The van der Waals surface area contributed by atoms with Gasteiger partial charge in [-0.2, -0.15) is 0 Å². The van der Waals surface area contributed by atoms with Crippen LogP contribution in [-0.2, 0) is 123 Å². The van der Waals surface area contributed by atoms with E-state index in [1.807, 2.05) is 0 Å². The number of hydrogen-bond donors (Lipinski definition) is 41. The van der Waals surface area contributed by atoms with Crippen LogP contribution in [0.15, 0.2) is 0 Å². The first-order chi connectivity index (χ1) is 68.3. The molecule has 0 aromatic carbocycles. The number of aliphatic carboxylic acids is 3. The molecule has 12 fully saturated rings. The first kappa shape index (κ1) is 120. The van der Waals surface area contributed by atoms with Crippen molar-refractivity contribution in [2.24, 2.45) is 17.2 Å². The summed E-state index contributed by atoms with van der Waals surface area (Å²) in [6.45, 7) is -16.0. The van der Waals surface area contributed by atoms with Crippen molar-refractivity contribution in [3.63, 3.8) is 0 Å². The van der Waals surface area contributed by atoms with Gasteiger partial charge in [0.05, 0.1) is 116 Å². The van der Waals surface area contributed by atoms with E-state index >= 15 is 0 Å². The SMILES string of the molecule is N[C@H]1[C@H](OC[C@H]2OC(O)[C@H](N)[C@@H](O)[C@@H]2O)O[C@H](CO[C@]2(C(=O)O)C[C@@H](O[C@]3(C(=O)O)C[C@@H](O[C@H]4O[C@H](CO)[C@@H](O)[C@H](O)[C@H]4N)[C@@H](O)[C@@H]([C@H](O)CO)O3)[C@@H](O[C@H]3O[C@H](CO)[C@@H](O[C@H]4O[C@H](CO[C@H]5O[C@H](CO)[C@@H](O)[C@H](O)[C@@H]5O[C@H]5O[C@H](CO)[C@@H](O)[C@H](O)[C@H]5O)[C@@H](O)[C@H](O[C@]5(C(=O)O)C[C@@H](O)[C@@H](O)[C@@H]([C@H](O)CO)O5)[C@@H]4O[C@H]4O[C@H](CO)[C@H](O)[C@H](O[C@H]5O[C@H](CO)[C@@H](O)[C@H](O)[C@H]5O)[C@H]4O)[C@H](O)[C@@H]3O)[C@@H]([C@H](O)CO)O2)[C@@H](O)[C@@H]1O. The molecule has 0 radical (unpaired) electrons. The molecule has 0 saturated carbocycles. The van der Waals surface area contributed by atoms with Gasteiger partial charge in [0.1, 0.15) is 256 Å². The van der Waals surface area contributed by atoms with E-state index in [4.69, 9.17) is 126 Å². The summed E-state index contributed by atoms with van der Waals surface area (Å²) in [5, 5.41) is 426. The minimum atomic E-state index is -3.78. The maximum atomic E-state index is 14.5. The summed E-state index contributed by atoms with van der Waals surface area (Å²) in [6, 6.07) is -5.31. The Kier molecular flexibility index (Phi) is 41.4. The minimum absolute atomic E-state index is 0.891. The van der Waals surface area contributed by atoms with Crippen molar-refractivity contribution in [3.05, 3.63) is 0 Å². The number of ether oxygens (including phenoxy) is 23. The Morgan fingerprint density at radius 2 is 0.614 bits per heavy atom. The van der Waals surface area contributed by atoms with Gasteiger partial charge in [0.25, 0.3) is 17.4 Å². The maximum absolute atomic E-state index is 14.5. The lowest BCUT2D eigenvalue weighted by Crippen LogP contribution is -2.71. The van der Waals surface area contributed by atoms with Gasteiger partial charge in [0.15, 0.2) is 56.6 Å². The van der Waals surface area contributed by atoms with Crippen LogP contribution in [0.4, 0.5) is 0 Å². The van der Waals surface area contributed by atoms with E-state index in [0.29, 0.717) is 0 Å². The highest BCUT2D eigenvalue weighted by atomic mass is 16.8. The van der Waals surface area contributed by atoms with Crippen LogP contribution in [0.2, 0.25) is 0 Å². The summed E-state index contributed by atoms with van der Waals surface area (Å²) in [5.41, 5.74) is 18.1. The molecule has 0 amide bonds. The van der Waals surface area contributed by atoms with Gasteiger partial charge in [0, 0.05) is 19.3 Å². The molecule has 842 valence electrons. The highest BCUT2D eigenvalue weighted by molar-refractivity contribution is 5.77. The molecule has 67 heteroatoms. The zero-order chi connectivity index (χ0) is 107. The lowest BCUT2D eigenvalue weighted by atomic mass is 9.89. The number of nitrogens with two attached hydrogens (primary N) is 3. The zero-order valence-electron chi connectivity index (χ0n) is 75.9. The largest absolute Gasteiger partial charge is 0.477 e. The molecular formula is C78H131N3O64. The number of aliphatic hydroxyl groups is 35. The third-order valence-electron chi connectivity index (χ3n) is 27.2. The summed E-state index contributed by atoms with van der Waals surface area (Å²) in [5.74, 6) is -18.5.